The van der Waals surface area contributed by atoms with Crippen molar-refractivity contribution in [3.05, 3.63) is 22.3 Å². The van der Waals surface area contributed by atoms with Crippen LogP contribution in [0.5, 0.6) is 0 Å². The molecule has 102 valence electrons. The number of sulfonamides is 1. The van der Waals surface area contributed by atoms with Crippen LogP contribution in [0.1, 0.15) is 19.5 Å². The number of anilines is 1. The van der Waals surface area contributed by atoms with Gasteiger partial charge in [-0.3, -0.25) is 0 Å². The van der Waals surface area contributed by atoms with Crippen LogP contribution in [-0.4, -0.2) is 31.7 Å². The lowest BCUT2D eigenvalue weighted by molar-refractivity contribution is 0.476. The maximum Gasteiger partial charge on any atom is 0.209 e. The average Bonchev–Trinajstić information content (AvgIpc) is 2.16. The van der Waals surface area contributed by atoms with E-state index in [9.17, 15) is 8.42 Å². The molecule has 0 spiro atoms. The van der Waals surface area contributed by atoms with E-state index < -0.39 is 15.6 Å². The van der Waals surface area contributed by atoms with Gasteiger partial charge in [0.05, 0.1) is 11.9 Å². The van der Waals surface area contributed by atoms with Gasteiger partial charge in [0.25, 0.3) is 0 Å². The summed E-state index contributed by atoms with van der Waals surface area (Å²) in [6.45, 7) is 5.98. The van der Waals surface area contributed by atoms with Crippen molar-refractivity contribution in [3.63, 3.8) is 0 Å². The van der Waals surface area contributed by atoms with E-state index in [0.717, 1.165) is 22.2 Å². The van der Waals surface area contributed by atoms with Gasteiger partial charge in [-0.2, -0.15) is 0 Å². The molecule has 1 rings (SSSR count). The van der Waals surface area contributed by atoms with Gasteiger partial charge in [-0.15, -0.1) is 0 Å². The fourth-order valence-corrected chi connectivity index (χ4v) is 2.79. The summed E-state index contributed by atoms with van der Waals surface area (Å²) in [5.74, 6) is 0.721. The van der Waals surface area contributed by atoms with Crippen molar-refractivity contribution >= 4 is 31.8 Å². The maximum atomic E-state index is 11.2. The van der Waals surface area contributed by atoms with E-state index in [1.807, 2.05) is 32.9 Å². The van der Waals surface area contributed by atoms with Crippen LogP contribution in [0.2, 0.25) is 0 Å². The maximum absolute atomic E-state index is 11.2. The lowest BCUT2D eigenvalue weighted by Gasteiger charge is -2.25. The molecule has 1 aromatic rings. The third-order valence-corrected chi connectivity index (χ3v) is 3.96. The minimum absolute atomic E-state index is 0.453. The first-order valence-corrected chi connectivity index (χ1v) is 8.13. The molecule has 0 radical (unpaired) electrons. The van der Waals surface area contributed by atoms with Crippen LogP contribution < -0.4 is 10.0 Å². The zero-order valence-electron chi connectivity index (χ0n) is 10.9. The Hall–Kier alpha value is -0.660. The standard InChI is InChI=1S/C11H18BrN3O2S/c1-8-9(12)5-6-10(14-8)13-7-11(2,3)15-18(4,16)17/h5-6,15H,7H2,1-4H3,(H,13,14). The topological polar surface area (TPSA) is 71.1 Å². The Morgan fingerprint density at radius 1 is 1.39 bits per heavy atom. The van der Waals surface area contributed by atoms with Crippen molar-refractivity contribution in [2.45, 2.75) is 26.3 Å². The Kier molecular flexibility index (Phi) is 4.74. The molecule has 0 aliphatic heterocycles. The van der Waals surface area contributed by atoms with Crippen LogP contribution >= 0.6 is 15.9 Å². The molecule has 0 atom stereocenters. The Morgan fingerprint density at radius 2 is 2.00 bits per heavy atom. The van der Waals surface area contributed by atoms with E-state index in [1.54, 1.807) is 0 Å². The fourth-order valence-electron chi connectivity index (χ4n) is 1.49. The van der Waals surface area contributed by atoms with E-state index in [2.05, 4.69) is 31.0 Å². The van der Waals surface area contributed by atoms with Crippen molar-refractivity contribution < 1.29 is 8.42 Å². The molecule has 0 aliphatic carbocycles. The Bertz CT molecular complexity index is 529. The molecule has 1 aromatic heterocycles. The smallest absolute Gasteiger partial charge is 0.209 e. The van der Waals surface area contributed by atoms with Crippen molar-refractivity contribution in [2.75, 3.05) is 18.1 Å². The number of halogens is 1. The van der Waals surface area contributed by atoms with Gasteiger partial charge < -0.3 is 5.32 Å². The zero-order valence-corrected chi connectivity index (χ0v) is 13.3. The predicted octanol–water partition coefficient (Wildman–Crippen LogP) is 1.89. The van der Waals surface area contributed by atoms with E-state index >= 15 is 0 Å². The third kappa shape index (κ3) is 5.32. The highest BCUT2D eigenvalue weighted by Gasteiger charge is 2.21. The summed E-state index contributed by atoms with van der Waals surface area (Å²) in [4.78, 5) is 4.34. The molecule has 0 amide bonds. The summed E-state index contributed by atoms with van der Waals surface area (Å²) < 4.78 is 25.9. The van der Waals surface area contributed by atoms with E-state index in [1.165, 1.54) is 0 Å². The minimum atomic E-state index is -3.22. The molecular formula is C11H18BrN3O2S. The van der Waals surface area contributed by atoms with Crippen LogP contribution in [0.4, 0.5) is 5.82 Å². The van der Waals surface area contributed by atoms with E-state index in [0.29, 0.717) is 6.54 Å². The number of hydrogen-bond donors (Lipinski definition) is 2. The minimum Gasteiger partial charge on any atom is -0.368 e. The Balaban J connectivity index is 2.67. The number of pyridine rings is 1. The molecule has 0 unspecified atom stereocenters. The molecule has 0 saturated carbocycles. The highest BCUT2D eigenvalue weighted by molar-refractivity contribution is 9.10. The second kappa shape index (κ2) is 5.54. The number of aryl methyl sites for hydroxylation is 1. The van der Waals surface area contributed by atoms with Crippen molar-refractivity contribution in [1.82, 2.24) is 9.71 Å². The summed E-state index contributed by atoms with van der Waals surface area (Å²) in [6, 6.07) is 3.75. The van der Waals surface area contributed by atoms with Crippen LogP contribution in [0.25, 0.3) is 0 Å². The summed E-state index contributed by atoms with van der Waals surface area (Å²) >= 11 is 3.38. The van der Waals surface area contributed by atoms with E-state index in [4.69, 9.17) is 0 Å². The molecular weight excluding hydrogens is 318 g/mol. The number of rotatable bonds is 5. The monoisotopic (exact) mass is 335 g/mol. The molecule has 2 N–H and O–H groups in total. The summed E-state index contributed by atoms with van der Waals surface area (Å²) in [5, 5.41) is 3.12. The number of aromatic nitrogens is 1. The Morgan fingerprint density at radius 3 is 2.50 bits per heavy atom. The largest absolute Gasteiger partial charge is 0.368 e. The summed E-state index contributed by atoms with van der Waals surface area (Å²) in [6.07, 6.45) is 1.15. The van der Waals surface area contributed by atoms with Crippen molar-refractivity contribution in [2.24, 2.45) is 0 Å². The van der Waals surface area contributed by atoms with Gasteiger partial charge in [-0.05, 0) is 48.8 Å². The lowest BCUT2D eigenvalue weighted by Crippen LogP contribution is -2.47. The van der Waals surface area contributed by atoms with Gasteiger partial charge in [0.2, 0.25) is 10.0 Å². The first-order valence-electron chi connectivity index (χ1n) is 5.45. The molecule has 0 aliphatic rings. The third-order valence-electron chi connectivity index (χ3n) is 2.19. The van der Waals surface area contributed by atoms with Crippen LogP contribution in [0.3, 0.4) is 0 Å². The summed E-state index contributed by atoms with van der Waals surface area (Å²) in [5.41, 5.74) is 0.310. The molecule has 0 fully saturated rings. The highest BCUT2D eigenvalue weighted by Crippen LogP contribution is 2.16. The number of nitrogens with one attached hydrogen (secondary N) is 2. The predicted molar refractivity (Wildman–Crippen MR) is 77.2 cm³/mol. The van der Waals surface area contributed by atoms with Gasteiger partial charge in [0, 0.05) is 16.6 Å². The van der Waals surface area contributed by atoms with Crippen LogP contribution in [0, 0.1) is 6.92 Å². The Labute approximate surface area is 117 Å². The van der Waals surface area contributed by atoms with Crippen LogP contribution in [-0.2, 0) is 10.0 Å². The molecule has 1 heterocycles. The average molecular weight is 336 g/mol. The van der Waals surface area contributed by atoms with Gasteiger partial charge >= 0.3 is 0 Å². The van der Waals surface area contributed by atoms with Crippen molar-refractivity contribution in [1.29, 1.82) is 0 Å². The fraction of sp³-hybridized carbons (Fsp3) is 0.545. The molecule has 7 heteroatoms. The van der Waals surface area contributed by atoms with Crippen molar-refractivity contribution in [3.8, 4) is 0 Å². The highest BCUT2D eigenvalue weighted by atomic mass is 79.9. The van der Waals surface area contributed by atoms with E-state index in [-0.39, 0.29) is 0 Å². The molecule has 0 aromatic carbocycles. The van der Waals surface area contributed by atoms with Gasteiger partial charge in [0.15, 0.2) is 0 Å². The van der Waals surface area contributed by atoms with Gasteiger partial charge in [-0.1, -0.05) is 0 Å². The number of hydrogen-bond acceptors (Lipinski definition) is 4. The van der Waals surface area contributed by atoms with Gasteiger partial charge in [0.1, 0.15) is 5.82 Å². The molecule has 0 saturated heterocycles. The quantitative estimate of drug-likeness (QED) is 0.861. The second-order valence-electron chi connectivity index (χ2n) is 4.88. The first-order chi connectivity index (χ1) is 8.09. The molecule has 5 nitrogen and oxygen atoms in total. The molecule has 0 bridgehead atoms. The zero-order chi connectivity index (χ0) is 14.0. The molecule has 18 heavy (non-hydrogen) atoms. The first kappa shape index (κ1) is 15.4. The SMILES string of the molecule is Cc1nc(NCC(C)(C)NS(C)(=O)=O)ccc1Br. The van der Waals surface area contributed by atoms with Gasteiger partial charge in [-0.25, -0.2) is 18.1 Å². The summed E-state index contributed by atoms with van der Waals surface area (Å²) in [7, 11) is -3.22. The number of nitrogens with zero attached hydrogens (tertiary/aromatic N) is 1. The van der Waals surface area contributed by atoms with Crippen LogP contribution in [0.15, 0.2) is 16.6 Å². The normalized spacial score (nSPS) is 12.5. The second-order valence-corrected chi connectivity index (χ2v) is 7.48. The lowest BCUT2D eigenvalue weighted by atomic mass is 10.1.